The molecule has 2 nitrogen and oxygen atoms in total. The number of unbranched alkanes of at least 4 members (excludes halogenated alkanes) is 1. The van der Waals surface area contributed by atoms with Crippen molar-refractivity contribution >= 4 is 0 Å². The molecule has 16 heavy (non-hydrogen) atoms. The standard InChI is InChI=1S/C14H24N2/c1-3-4-11-16(2)12-14-8-6-5-7-13(14)9-10-15/h5-8H,3-4,9-12,15H2,1-2H3. The van der Waals surface area contributed by atoms with Crippen LogP contribution in [0.25, 0.3) is 0 Å². The summed E-state index contributed by atoms with van der Waals surface area (Å²) < 4.78 is 0. The normalized spacial score (nSPS) is 11.0. The van der Waals surface area contributed by atoms with Crippen molar-refractivity contribution < 1.29 is 0 Å². The Balaban J connectivity index is 2.57. The smallest absolute Gasteiger partial charge is 0.0233 e. The first-order valence-corrected chi connectivity index (χ1v) is 6.23. The second-order valence-electron chi connectivity index (χ2n) is 4.40. The summed E-state index contributed by atoms with van der Waals surface area (Å²) in [6.07, 6.45) is 3.52. The van der Waals surface area contributed by atoms with Crippen LogP contribution in [0.15, 0.2) is 24.3 Å². The molecule has 0 aliphatic carbocycles. The Morgan fingerprint density at radius 1 is 1.19 bits per heavy atom. The van der Waals surface area contributed by atoms with Gasteiger partial charge in [0.25, 0.3) is 0 Å². The van der Waals surface area contributed by atoms with Crippen molar-refractivity contribution in [3.05, 3.63) is 35.4 Å². The maximum Gasteiger partial charge on any atom is 0.0233 e. The molecule has 0 aromatic heterocycles. The molecule has 0 saturated carbocycles. The SMILES string of the molecule is CCCCN(C)Cc1ccccc1CCN. The zero-order chi connectivity index (χ0) is 11.8. The van der Waals surface area contributed by atoms with Crippen LogP contribution in [0, 0.1) is 0 Å². The lowest BCUT2D eigenvalue weighted by Gasteiger charge is -2.18. The lowest BCUT2D eigenvalue weighted by molar-refractivity contribution is 0.320. The molecule has 0 unspecified atom stereocenters. The molecule has 0 amide bonds. The molecule has 0 aliphatic rings. The Bertz CT molecular complexity index is 297. The van der Waals surface area contributed by atoms with E-state index in [1.165, 1.54) is 30.5 Å². The van der Waals surface area contributed by atoms with E-state index in [2.05, 4.69) is 43.1 Å². The van der Waals surface area contributed by atoms with E-state index in [0.29, 0.717) is 0 Å². The van der Waals surface area contributed by atoms with Crippen molar-refractivity contribution in [2.24, 2.45) is 5.73 Å². The van der Waals surface area contributed by atoms with Gasteiger partial charge in [-0.05, 0) is 44.1 Å². The number of hydrogen-bond donors (Lipinski definition) is 1. The molecular weight excluding hydrogens is 196 g/mol. The van der Waals surface area contributed by atoms with Crippen LogP contribution in [0.3, 0.4) is 0 Å². The number of nitrogens with two attached hydrogens (primary N) is 1. The number of hydrogen-bond acceptors (Lipinski definition) is 2. The minimum absolute atomic E-state index is 0.732. The quantitative estimate of drug-likeness (QED) is 0.764. The fourth-order valence-corrected chi connectivity index (χ4v) is 1.91. The second kappa shape index (κ2) is 7.42. The van der Waals surface area contributed by atoms with Gasteiger partial charge in [-0.1, -0.05) is 37.6 Å². The van der Waals surface area contributed by atoms with Crippen molar-refractivity contribution in [3.63, 3.8) is 0 Å². The van der Waals surface area contributed by atoms with E-state index in [1.54, 1.807) is 0 Å². The molecule has 1 aromatic carbocycles. The van der Waals surface area contributed by atoms with Gasteiger partial charge in [0.05, 0.1) is 0 Å². The molecule has 0 fully saturated rings. The summed E-state index contributed by atoms with van der Waals surface area (Å²) in [5.74, 6) is 0. The van der Waals surface area contributed by atoms with E-state index >= 15 is 0 Å². The lowest BCUT2D eigenvalue weighted by Crippen LogP contribution is -2.20. The van der Waals surface area contributed by atoms with Gasteiger partial charge in [0.1, 0.15) is 0 Å². The minimum atomic E-state index is 0.732. The molecule has 0 spiro atoms. The van der Waals surface area contributed by atoms with Crippen LogP contribution < -0.4 is 5.73 Å². The van der Waals surface area contributed by atoms with Crippen molar-refractivity contribution in [1.29, 1.82) is 0 Å². The third-order valence-electron chi connectivity index (χ3n) is 2.87. The molecule has 1 rings (SSSR count). The molecule has 90 valence electrons. The summed E-state index contributed by atoms with van der Waals surface area (Å²) in [7, 11) is 2.19. The van der Waals surface area contributed by atoms with Gasteiger partial charge in [0.2, 0.25) is 0 Å². The van der Waals surface area contributed by atoms with Crippen LogP contribution in [0.5, 0.6) is 0 Å². The summed E-state index contributed by atoms with van der Waals surface area (Å²) in [6, 6.07) is 8.62. The van der Waals surface area contributed by atoms with Crippen LogP contribution in [0.4, 0.5) is 0 Å². The van der Waals surface area contributed by atoms with Gasteiger partial charge < -0.3 is 10.6 Å². The van der Waals surface area contributed by atoms with Crippen LogP contribution >= 0.6 is 0 Å². The summed E-state index contributed by atoms with van der Waals surface area (Å²) in [4.78, 5) is 2.39. The number of nitrogens with zero attached hydrogens (tertiary/aromatic N) is 1. The average Bonchev–Trinajstić information content (AvgIpc) is 2.29. The third kappa shape index (κ3) is 4.33. The Labute approximate surface area is 99.5 Å². The Kier molecular flexibility index (Phi) is 6.12. The van der Waals surface area contributed by atoms with E-state index in [4.69, 9.17) is 5.73 Å². The zero-order valence-corrected chi connectivity index (χ0v) is 10.6. The van der Waals surface area contributed by atoms with Crippen molar-refractivity contribution in [1.82, 2.24) is 4.90 Å². The first-order chi connectivity index (χ1) is 7.77. The molecule has 2 heteroatoms. The molecule has 0 bridgehead atoms. The Hall–Kier alpha value is -0.860. The zero-order valence-electron chi connectivity index (χ0n) is 10.6. The number of benzene rings is 1. The topological polar surface area (TPSA) is 29.3 Å². The van der Waals surface area contributed by atoms with Gasteiger partial charge in [-0.15, -0.1) is 0 Å². The van der Waals surface area contributed by atoms with Crippen LogP contribution in [-0.2, 0) is 13.0 Å². The highest BCUT2D eigenvalue weighted by Gasteiger charge is 2.04. The fraction of sp³-hybridized carbons (Fsp3) is 0.571. The van der Waals surface area contributed by atoms with Gasteiger partial charge in [0, 0.05) is 6.54 Å². The molecule has 2 N–H and O–H groups in total. The largest absolute Gasteiger partial charge is 0.330 e. The van der Waals surface area contributed by atoms with Gasteiger partial charge in [-0.3, -0.25) is 0 Å². The van der Waals surface area contributed by atoms with Crippen molar-refractivity contribution in [2.45, 2.75) is 32.7 Å². The van der Waals surface area contributed by atoms with E-state index in [0.717, 1.165) is 19.5 Å². The summed E-state index contributed by atoms with van der Waals surface area (Å²) in [5.41, 5.74) is 8.45. The van der Waals surface area contributed by atoms with E-state index < -0.39 is 0 Å². The first-order valence-electron chi connectivity index (χ1n) is 6.23. The Morgan fingerprint density at radius 2 is 1.88 bits per heavy atom. The van der Waals surface area contributed by atoms with Crippen molar-refractivity contribution in [2.75, 3.05) is 20.1 Å². The average molecular weight is 220 g/mol. The second-order valence-corrected chi connectivity index (χ2v) is 4.40. The maximum absolute atomic E-state index is 5.63. The third-order valence-corrected chi connectivity index (χ3v) is 2.87. The van der Waals surface area contributed by atoms with Gasteiger partial charge in [0.15, 0.2) is 0 Å². The van der Waals surface area contributed by atoms with Crippen LogP contribution in [-0.4, -0.2) is 25.0 Å². The first kappa shape index (κ1) is 13.2. The van der Waals surface area contributed by atoms with Crippen LogP contribution in [0.1, 0.15) is 30.9 Å². The summed E-state index contributed by atoms with van der Waals surface area (Å²) in [6.45, 7) is 5.18. The van der Waals surface area contributed by atoms with Gasteiger partial charge in [-0.25, -0.2) is 0 Å². The lowest BCUT2D eigenvalue weighted by atomic mass is 10.0. The van der Waals surface area contributed by atoms with Gasteiger partial charge in [-0.2, -0.15) is 0 Å². The molecule has 0 atom stereocenters. The summed E-state index contributed by atoms with van der Waals surface area (Å²) in [5, 5.41) is 0. The highest BCUT2D eigenvalue weighted by atomic mass is 15.1. The highest BCUT2D eigenvalue weighted by Crippen LogP contribution is 2.11. The predicted octanol–water partition coefficient (Wildman–Crippen LogP) is 2.42. The Morgan fingerprint density at radius 3 is 2.50 bits per heavy atom. The molecule has 0 aliphatic heterocycles. The van der Waals surface area contributed by atoms with Gasteiger partial charge >= 0.3 is 0 Å². The molecule has 0 saturated heterocycles. The summed E-state index contributed by atoms with van der Waals surface area (Å²) >= 11 is 0. The molecule has 1 aromatic rings. The van der Waals surface area contributed by atoms with E-state index in [1.807, 2.05) is 0 Å². The molecule has 0 radical (unpaired) electrons. The van der Waals surface area contributed by atoms with Crippen molar-refractivity contribution in [3.8, 4) is 0 Å². The molecular formula is C14H24N2. The highest BCUT2D eigenvalue weighted by molar-refractivity contribution is 5.27. The van der Waals surface area contributed by atoms with Crippen LogP contribution in [0.2, 0.25) is 0 Å². The van der Waals surface area contributed by atoms with E-state index in [9.17, 15) is 0 Å². The number of rotatable bonds is 7. The van der Waals surface area contributed by atoms with E-state index in [-0.39, 0.29) is 0 Å². The maximum atomic E-state index is 5.63. The fourth-order valence-electron chi connectivity index (χ4n) is 1.91. The minimum Gasteiger partial charge on any atom is -0.330 e. The monoisotopic (exact) mass is 220 g/mol. The molecule has 0 heterocycles. The predicted molar refractivity (Wildman–Crippen MR) is 70.4 cm³/mol.